The lowest BCUT2D eigenvalue weighted by atomic mass is 10.1. The maximum absolute atomic E-state index is 11.7. The van der Waals surface area contributed by atoms with Crippen molar-refractivity contribution in [2.24, 2.45) is 5.10 Å². The first-order valence-corrected chi connectivity index (χ1v) is 8.61. The third kappa shape index (κ3) is 4.20. The molecular formula is C20H26N4O2. The Kier molecular flexibility index (Phi) is 5.97. The van der Waals surface area contributed by atoms with Crippen LogP contribution in [-0.2, 0) is 9.59 Å². The van der Waals surface area contributed by atoms with Crippen LogP contribution in [0.2, 0.25) is 0 Å². The summed E-state index contributed by atoms with van der Waals surface area (Å²) in [6.45, 7) is 11.8. The van der Waals surface area contributed by atoms with Gasteiger partial charge in [0.15, 0.2) is 0 Å². The third-order valence-electron chi connectivity index (χ3n) is 4.13. The van der Waals surface area contributed by atoms with Gasteiger partial charge in [0, 0.05) is 23.0 Å². The van der Waals surface area contributed by atoms with Crippen LogP contribution in [0.4, 0.5) is 0 Å². The normalized spacial score (nSPS) is 11.2. The summed E-state index contributed by atoms with van der Waals surface area (Å²) < 4.78 is 2.18. The lowest BCUT2D eigenvalue weighted by Gasteiger charge is -2.15. The summed E-state index contributed by atoms with van der Waals surface area (Å²) in [6.07, 6.45) is 1.56. The van der Waals surface area contributed by atoms with E-state index in [1.807, 2.05) is 26.0 Å². The molecule has 0 bridgehead atoms. The van der Waals surface area contributed by atoms with Gasteiger partial charge in [-0.05, 0) is 58.7 Å². The highest BCUT2D eigenvalue weighted by Gasteiger charge is 2.15. The predicted molar refractivity (Wildman–Crippen MR) is 104 cm³/mol. The van der Waals surface area contributed by atoms with Crippen molar-refractivity contribution >= 4 is 18.0 Å². The minimum Gasteiger partial charge on any atom is -0.346 e. The van der Waals surface area contributed by atoms with Crippen LogP contribution in [0, 0.1) is 27.7 Å². The topological polar surface area (TPSA) is 75.5 Å². The highest BCUT2D eigenvalue weighted by atomic mass is 16.2. The molecule has 0 atom stereocenters. The molecule has 0 aliphatic rings. The lowest BCUT2D eigenvalue weighted by Crippen LogP contribution is -2.41. The van der Waals surface area contributed by atoms with Gasteiger partial charge in [-0.2, -0.15) is 5.10 Å². The van der Waals surface area contributed by atoms with E-state index < -0.39 is 11.8 Å². The number of hydrogen-bond donors (Lipinski definition) is 2. The van der Waals surface area contributed by atoms with Gasteiger partial charge in [0.05, 0.1) is 11.9 Å². The SMILES string of the molecule is Cc1cccc(C)c1-n1c(C)cc(/C=N\NC(=O)C(=O)NC(C)C)c1C. The number of nitrogens with one attached hydrogen (secondary N) is 2. The standard InChI is InChI=1S/C20H26N4O2/c1-12(2)22-19(25)20(26)23-21-11-17-10-15(5)24(16(17)6)18-13(3)8-7-9-14(18)4/h7-12H,1-6H3,(H,22,25)(H,23,26)/b21-11-. The summed E-state index contributed by atoms with van der Waals surface area (Å²) in [7, 11) is 0. The van der Waals surface area contributed by atoms with Gasteiger partial charge < -0.3 is 9.88 Å². The van der Waals surface area contributed by atoms with Gasteiger partial charge in [-0.25, -0.2) is 5.43 Å². The summed E-state index contributed by atoms with van der Waals surface area (Å²) in [5.41, 5.74) is 8.77. The molecule has 0 aliphatic carbocycles. The molecule has 6 heteroatoms. The second-order valence-corrected chi connectivity index (χ2v) is 6.73. The van der Waals surface area contributed by atoms with Crippen LogP contribution in [0.15, 0.2) is 29.4 Å². The highest BCUT2D eigenvalue weighted by molar-refractivity contribution is 6.35. The number of benzene rings is 1. The van der Waals surface area contributed by atoms with Crippen molar-refractivity contribution in [1.82, 2.24) is 15.3 Å². The zero-order chi connectivity index (χ0) is 19.4. The first kappa shape index (κ1) is 19.4. The van der Waals surface area contributed by atoms with E-state index in [1.54, 1.807) is 20.1 Å². The monoisotopic (exact) mass is 354 g/mol. The molecule has 2 N–H and O–H groups in total. The second-order valence-electron chi connectivity index (χ2n) is 6.73. The van der Waals surface area contributed by atoms with Crippen LogP contribution in [0.1, 0.15) is 41.9 Å². The van der Waals surface area contributed by atoms with Gasteiger partial charge in [0.25, 0.3) is 0 Å². The molecule has 0 radical (unpaired) electrons. The van der Waals surface area contributed by atoms with E-state index in [4.69, 9.17) is 0 Å². The van der Waals surface area contributed by atoms with Gasteiger partial charge >= 0.3 is 11.8 Å². The zero-order valence-corrected chi connectivity index (χ0v) is 16.2. The smallest absolute Gasteiger partial charge is 0.329 e. The summed E-state index contributed by atoms with van der Waals surface area (Å²) in [6, 6.07) is 8.12. The Balaban J connectivity index is 2.23. The Labute approximate surface area is 154 Å². The molecule has 0 unspecified atom stereocenters. The maximum Gasteiger partial charge on any atom is 0.329 e. The number of carbonyl (C=O) groups is 2. The zero-order valence-electron chi connectivity index (χ0n) is 16.2. The Morgan fingerprint density at radius 1 is 1.08 bits per heavy atom. The van der Waals surface area contributed by atoms with Crippen molar-refractivity contribution < 1.29 is 9.59 Å². The van der Waals surface area contributed by atoms with Crippen LogP contribution >= 0.6 is 0 Å². The van der Waals surface area contributed by atoms with Gasteiger partial charge in [-0.15, -0.1) is 0 Å². The van der Waals surface area contributed by atoms with E-state index >= 15 is 0 Å². The number of hydrogen-bond acceptors (Lipinski definition) is 3. The molecule has 2 rings (SSSR count). The van der Waals surface area contributed by atoms with Crippen molar-refractivity contribution in [1.29, 1.82) is 0 Å². The molecule has 0 saturated carbocycles. The van der Waals surface area contributed by atoms with Crippen molar-refractivity contribution in [2.45, 2.75) is 47.6 Å². The third-order valence-corrected chi connectivity index (χ3v) is 4.13. The maximum atomic E-state index is 11.7. The number of rotatable bonds is 4. The molecule has 6 nitrogen and oxygen atoms in total. The molecule has 0 fully saturated rings. The average molecular weight is 354 g/mol. The fourth-order valence-electron chi connectivity index (χ4n) is 2.96. The quantitative estimate of drug-likeness (QED) is 0.503. The molecule has 1 heterocycles. The molecule has 1 aromatic heterocycles. The Morgan fingerprint density at radius 3 is 2.27 bits per heavy atom. The van der Waals surface area contributed by atoms with Crippen LogP contribution in [-0.4, -0.2) is 28.6 Å². The van der Waals surface area contributed by atoms with Gasteiger partial charge in [0.1, 0.15) is 0 Å². The molecule has 138 valence electrons. The number of amides is 2. The Bertz CT molecular complexity index is 843. The summed E-state index contributed by atoms with van der Waals surface area (Å²) >= 11 is 0. The number of hydrazone groups is 1. The first-order valence-electron chi connectivity index (χ1n) is 8.61. The van der Waals surface area contributed by atoms with Crippen molar-refractivity contribution in [3.8, 4) is 5.69 Å². The van der Waals surface area contributed by atoms with E-state index in [-0.39, 0.29) is 6.04 Å². The predicted octanol–water partition coefficient (Wildman–Crippen LogP) is 2.69. The molecule has 0 spiro atoms. The minimum absolute atomic E-state index is 0.103. The summed E-state index contributed by atoms with van der Waals surface area (Å²) in [5, 5.41) is 6.45. The molecule has 2 aromatic rings. The summed E-state index contributed by atoms with van der Waals surface area (Å²) in [4.78, 5) is 23.3. The second kappa shape index (κ2) is 7.99. The van der Waals surface area contributed by atoms with E-state index in [1.165, 1.54) is 11.1 Å². The number of para-hydroxylation sites is 1. The minimum atomic E-state index is -0.779. The van der Waals surface area contributed by atoms with Crippen LogP contribution in [0.25, 0.3) is 5.69 Å². The van der Waals surface area contributed by atoms with Crippen LogP contribution < -0.4 is 10.7 Å². The number of nitrogens with zero attached hydrogens (tertiary/aromatic N) is 2. The van der Waals surface area contributed by atoms with Crippen molar-refractivity contribution in [3.63, 3.8) is 0 Å². The van der Waals surface area contributed by atoms with Crippen molar-refractivity contribution in [2.75, 3.05) is 0 Å². The van der Waals surface area contributed by atoms with E-state index in [0.29, 0.717) is 0 Å². The Hall–Kier alpha value is -2.89. The van der Waals surface area contributed by atoms with Crippen LogP contribution in [0.5, 0.6) is 0 Å². The molecule has 26 heavy (non-hydrogen) atoms. The van der Waals surface area contributed by atoms with E-state index in [0.717, 1.165) is 22.6 Å². The molecule has 0 aliphatic heterocycles. The van der Waals surface area contributed by atoms with Gasteiger partial charge in [0.2, 0.25) is 0 Å². The van der Waals surface area contributed by atoms with Gasteiger partial charge in [-0.3, -0.25) is 9.59 Å². The highest BCUT2D eigenvalue weighted by Crippen LogP contribution is 2.25. The summed E-state index contributed by atoms with van der Waals surface area (Å²) in [5.74, 6) is -1.48. The Morgan fingerprint density at radius 2 is 1.69 bits per heavy atom. The molecular weight excluding hydrogens is 328 g/mol. The number of aromatic nitrogens is 1. The fourth-order valence-corrected chi connectivity index (χ4v) is 2.96. The van der Waals surface area contributed by atoms with E-state index in [9.17, 15) is 9.59 Å². The lowest BCUT2D eigenvalue weighted by molar-refractivity contribution is -0.139. The molecule has 1 aromatic carbocycles. The number of aryl methyl sites for hydroxylation is 3. The van der Waals surface area contributed by atoms with Crippen molar-refractivity contribution in [3.05, 3.63) is 52.3 Å². The fraction of sp³-hybridized carbons (Fsp3) is 0.350. The molecule has 2 amide bonds. The average Bonchev–Trinajstić information content (AvgIpc) is 2.82. The van der Waals surface area contributed by atoms with Gasteiger partial charge in [-0.1, -0.05) is 18.2 Å². The van der Waals surface area contributed by atoms with Crippen LogP contribution in [0.3, 0.4) is 0 Å². The first-order chi connectivity index (χ1) is 12.2. The number of carbonyl (C=O) groups excluding carboxylic acids is 2. The molecule has 0 saturated heterocycles. The largest absolute Gasteiger partial charge is 0.346 e. The van der Waals surface area contributed by atoms with E-state index in [2.05, 4.69) is 46.4 Å².